The summed E-state index contributed by atoms with van der Waals surface area (Å²) in [6.07, 6.45) is 1.45. The van der Waals surface area contributed by atoms with Gasteiger partial charge >= 0.3 is 6.09 Å². The van der Waals surface area contributed by atoms with Crippen LogP contribution in [0.1, 0.15) is 33.6 Å². The topological polar surface area (TPSA) is 67.4 Å². The Hall–Kier alpha value is -1.26. The van der Waals surface area contributed by atoms with Crippen molar-refractivity contribution in [2.75, 3.05) is 19.7 Å². The molecule has 0 aliphatic carbocycles. The number of nitrogens with one attached hydrogen (secondary N) is 2. The minimum atomic E-state index is -0.424. The van der Waals surface area contributed by atoms with E-state index >= 15 is 0 Å². The van der Waals surface area contributed by atoms with Crippen LogP contribution in [0, 0.1) is 5.92 Å². The van der Waals surface area contributed by atoms with Gasteiger partial charge in [0.1, 0.15) is 0 Å². The molecule has 0 aromatic heterocycles. The second-order valence-corrected chi connectivity index (χ2v) is 3.86. The molecule has 0 bridgehead atoms. The molecule has 2 amide bonds. The SMILES string of the molecule is CCCCOC(=O)NCCNC(=O)C(C)C. The second-order valence-electron chi connectivity index (χ2n) is 3.86. The molecule has 0 radical (unpaired) electrons. The Balaban J connectivity index is 3.37. The molecule has 0 saturated carbocycles. The van der Waals surface area contributed by atoms with Gasteiger partial charge in [-0.25, -0.2) is 4.79 Å². The van der Waals surface area contributed by atoms with Crippen molar-refractivity contribution in [3.63, 3.8) is 0 Å². The van der Waals surface area contributed by atoms with Gasteiger partial charge < -0.3 is 15.4 Å². The van der Waals surface area contributed by atoms with Crippen LogP contribution in [-0.2, 0) is 9.53 Å². The minimum absolute atomic E-state index is 0.0128. The molecule has 0 aliphatic heterocycles. The van der Waals surface area contributed by atoms with Crippen LogP contribution in [0.5, 0.6) is 0 Å². The minimum Gasteiger partial charge on any atom is -0.450 e. The Morgan fingerprint density at radius 3 is 2.38 bits per heavy atom. The third kappa shape index (κ3) is 8.08. The molecule has 0 spiro atoms. The molecule has 0 unspecified atom stereocenters. The van der Waals surface area contributed by atoms with E-state index in [9.17, 15) is 9.59 Å². The third-order valence-corrected chi connectivity index (χ3v) is 1.95. The van der Waals surface area contributed by atoms with Crippen LogP contribution in [-0.4, -0.2) is 31.7 Å². The Kier molecular flexibility index (Phi) is 8.29. The van der Waals surface area contributed by atoms with Gasteiger partial charge in [-0.15, -0.1) is 0 Å². The van der Waals surface area contributed by atoms with Crippen molar-refractivity contribution in [1.82, 2.24) is 10.6 Å². The van der Waals surface area contributed by atoms with E-state index in [2.05, 4.69) is 10.6 Å². The summed E-state index contributed by atoms with van der Waals surface area (Å²) in [6, 6.07) is 0. The maximum absolute atomic E-state index is 11.1. The molecular weight excluding hydrogens is 208 g/mol. The van der Waals surface area contributed by atoms with Gasteiger partial charge in [-0.05, 0) is 6.42 Å². The number of amides is 2. The van der Waals surface area contributed by atoms with Crippen LogP contribution in [0.3, 0.4) is 0 Å². The summed E-state index contributed by atoms with van der Waals surface area (Å²) in [7, 11) is 0. The smallest absolute Gasteiger partial charge is 0.407 e. The maximum atomic E-state index is 11.1. The van der Waals surface area contributed by atoms with Crippen molar-refractivity contribution in [3.8, 4) is 0 Å². The fraction of sp³-hybridized carbons (Fsp3) is 0.818. The van der Waals surface area contributed by atoms with Crippen LogP contribution in [0.25, 0.3) is 0 Å². The molecule has 2 N–H and O–H groups in total. The first kappa shape index (κ1) is 14.7. The average molecular weight is 230 g/mol. The van der Waals surface area contributed by atoms with Crippen molar-refractivity contribution < 1.29 is 14.3 Å². The lowest BCUT2D eigenvalue weighted by molar-refractivity contribution is -0.123. The van der Waals surface area contributed by atoms with E-state index in [4.69, 9.17) is 4.74 Å². The first-order valence-electron chi connectivity index (χ1n) is 5.76. The van der Waals surface area contributed by atoms with Crippen LogP contribution in [0.4, 0.5) is 4.79 Å². The van der Waals surface area contributed by atoms with E-state index in [-0.39, 0.29) is 11.8 Å². The van der Waals surface area contributed by atoms with Crippen LogP contribution >= 0.6 is 0 Å². The van der Waals surface area contributed by atoms with Gasteiger partial charge in [0.25, 0.3) is 0 Å². The molecule has 0 aromatic rings. The summed E-state index contributed by atoms with van der Waals surface area (Å²) in [5, 5.41) is 5.26. The molecule has 94 valence electrons. The molecule has 0 atom stereocenters. The largest absolute Gasteiger partial charge is 0.450 e. The van der Waals surface area contributed by atoms with Gasteiger partial charge in [0, 0.05) is 19.0 Å². The van der Waals surface area contributed by atoms with Crippen LogP contribution in [0.2, 0.25) is 0 Å². The van der Waals surface area contributed by atoms with E-state index in [1.807, 2.05) is 20.8 Å². The van der Waals surface area contributed by atoms with Gasteiger partial charge in [0.05, 0.1) is 6.61 Å². The fourth-order valence-corrected chi connectivity index (χ4v) is 0.915. The number of carbonyl (C=O) groups excluding carboxylic acids is 2. The third-order valence-electron chi connectivity index (χ3n) is 1.95. The summed E-state index contributed by atoms with van der Waals surface area (Å²) in [5.74, 6) is -0.0438. The zero-order valence-corrected chi connectivity index (χ0v) is 10.3. The van der Waals surface area contributed by atoms with E-state index in [1.165, 1.54) is 0 Å². The van der Waals surface area contributed by atoms with Crippen molar-refractivity contribution >= 4 is 12.0 Å². The molecule has 0 aromatic carbocycles. The monoisotopic (exact) mass is 230 g/mol. The normalized spacial score (nSPS) is 10.0. The number of rotatable bonds is 7. The number of hydrogen-bond acceptors (Lipinski definition) is 3. The molecule has 0 aliphatic rings. The predicted molar refractivity (Wildman–Crippen MR) is 62.1 cm³/mol. The highest BCUT2D eigenvalue weighted by atomic mass is 16.5. The molecule has 0 heterocycles. The first-order chi connectivity index (χ1) is 7.57. The lowest BCUT2D eigenvalue weighted by atomic mass is 10.2. The standard InChI is InChI=1S/C11H22N2O3/c1-4-5-8-16-11(15)13-7-6-12-10(14)9(2)3/h9H,4-8H2,1-3H3,(H,12,14)(H,13,15). The van der Waals surface area contributed by atoms with Crippen molar-refractivity contribution in [3.05, 3.63) is 0 Å². The lowest BCUT2D eigenvalue weighted by Gasteiger charge is -2.09. The van der Waals surface area contributed by atoms with Crippen molar-refractivity contribution in [1.29, 1.82) is 0 Å². The van der Waals surface area contributed by atoms with Crippen molar-refractivity contribution in [2.45, 2.75) is 33.6 Å². The molecule has 5 heteroatoms. The van der Waals surface area contributed by atoms with E-state index in [1.54, 1.807) is 0 Å². The quantitative estimate of drug-likeness (QED) is 0.647. The average Bonchev–Trinajstić information content (AvgIpc) is 2.24. The molecular formula is C11H22N2O3. The van der Waals surface area contributed by atoms with Gasteiger partial charge in [0.2, 0.25) is 5.91 Å². The van der Waals surface area contributed by atoms with Gasteiger partial charge in [-0.2, -0.15) is 0 Å². The Morgan fingerprint density at radius 2 is 1.81 bits per heavy atom. The molecule has 0 fully saturated rings. The summed E-state index contributed by atoms with van der Waals surface area (Å²) in [6.45, 7) is 6.94. The molecule has 16 heavy (non-hydrogen) atoms. The van der Waals surface area contributed by atoms with Gasteiger partial charge in [0.15, 0.2) is 0 Å². The highest BCUT2D eigenvalue weighted by Gasteiger charge is 2.05. The molecule has 0 saturated heterocycles. The summed E-state index contributed by atoms with van der Waals surface area (Å²) < 4.78 is 4.87. The molecule has 5 nitrogen and oxygen atoms in total. The summed E-state index contributed by atoms with van der Waals surface area (Å²) >= 11 is 0. The number of hydrogen-bond donors (Lipinski definition) is 2. The highest BCUT2D eigenvalue weighted by molar-refractivity contribution is 5.77. The van der Waals surface area contributed by atoms with E-state index < -0.39 is 6.09 Å². The summed E-state index contributed by atoms with van der Waals surface area (Å²) in [4.78, 5) is 22.2. The van der Waals surface area contributed by atoms with Gasteiger partial charge in [-0.1, -0.05) is 27.2 Å². The Morgan fingerprint density at radius 1 is 1.19 bits per heavy atom. The highest BCUT2D eigenvalue weighted by Crippen LogP contribution is 1.89. The zero-order valence-electron chi connectivity index (χ0n) is 10.3. The maximum Gasteiger partial charge on any atom is 0.407 e. The van der Waals surface area contributed by atoms with Crippen LogP contribution < -0.4 is 10.6 Å². The summed E-state index contributed by atoms with van der Waals surface area (Å²) in [5.41, 5.74) is 0. The first-order valence-corrected chi connectivity index (χ1v) is 5.76. The Labute approximate surface area is 96.9 Å². The van der Waals surface area contributed by atoms with Gasteiger partial charge in [-0.3, -0.25) is 4.79 Å². The number of unbranched alkanes of at least 4 members (excludes halogenated alkanes) is 1. The fourth-order valence-electron chi connectivity index (χ4n) is 0.915. The second kappa shape index (κ2) is 9.00. The van der Waals surface area contributed by atoms with E-state index in [0.717, 1.165) is 12.8 Å². The zero-order chi connectivity index (χ0) is 12.4. The molecule has 0 rings (SSSR count). The number of carbonyl (C=O) groups is 2. The Bertz CT molecular complexity index is 217. The number of alkyl carbamates (subject to hydrolysis) is 1. The lowest BCUT2D eigenvalue weighted by Crippen LogP contribution is -2.36. The van der Waals surface area contributed by atoms with E-state index in [0.29, 0.717) is 19.7 Å². The predicted octanol–water partition coefficient (Wildman–Crippen LogP) is 1.28. The van der Waals surface area contributed by atoms with Crippen molar-refractivity contribution in [2.24, 2.45) is 5.92 Å². The number of ether oxygens (including phenoxy) is 1. The van der Waals surface area contributed by atoms with Crippen LogP contribution in [0.15, 0.2) is 0 Å².